The second-order valence-electron chi connectivity index (χ2n) is 23.8. The number of rotatable bonds is 6. The van der Waals surface area contributed by atoms with Crippen molar-refractivity contribution in [1.82, 2.24) is 0 Å². The van der Waals surface area contributed by atoms with Crippen LogP contribution in [0.4, 0.5) is 28.4 Å². The largest absolute Gasteiger partial charge is 0.456 e. The van der Waals surface area contributed by atoms with E-state index in [0.717, 1.165) is 42.2 Å². The van der Waals surface area contributed by atoms with E-state index in [4.69, 9.17) is 4.42 Å². The minimum Gasteiger partial charge on any atom is -0.456 e. The Morgan fingerprint density at radius 1 is 0.515 bits per heavy atom. The van der Waals surface area contributed by atoms with E-state index in [-0.39, 0.29) is 28.5 Å². The molecular weight excluding hydrogens is 824 g/mol. The molecule has 8 aromatic rings. The minimum absolute atomic E-state index is 0.0313. The lowest BCUT2D eigenvalue weighted by Gasteiger charge is -2.48. The van der Waals surface area contributed by atoms with Gasteiger partial charge in [-0.2, -0.15) is 0 Å². The number of furan rings is 1. The highest BCUT2D eigenvalue weighted by Gasteiger charge is 2.49. The van der Waals surface area contributed by atoms with Gasteiger partial charge in [0, 0.05) is 50.2 Å². The van der Waals surface area contributed by atoms with Gasteiger partial charge in [0.1, 0.15) is 11.2 Å². The lowest BCUT2D eigenvalue weighted by Crippen LogP contribution is -2.62. The Bertz CT molecular complexity index is 3380. The quantitative estimate of drug-likeness (QED) is 0.155. The van der Waals surface area contributed by atoms with Crippen molar-refractivity contribution < 1.29 is 4.42 Å². The van der Waals surface area contributed by atoms with Crippen molar-refractivity contribution in [3.8, 4) is 22.3 Å². The number of hydrogen-bond acceptors (Lipinski definition) is 3. The topological polar surface area (TPSA) is 19.6 Å². The number of unbranched alkanes of at least 4 members (excludes halogenated alkanes) is 1. The van der Waals surface area contributed by atoms with Crippen LogP contribution in [0.2, 0.25) is 0 Å². The molecule has 4 heteroatoms. The SMILES string of the molecule is CCCCc1ccc(N2B3c4c(cc(-c5ccccc5C)cc4N(c4cc5c(cc4C)C(C)(C)CCC5(C)C)c4ccc5c(oc6ccccc65)c43)-c3cc4c(cc32)C(C)(C)CCC4(C)C)cc1. The first-order valence-electron chi connectivity index (χ1n) is 25.7. The van der Waals surface area contributed by atoms with Gasteiger partial charge in [-0.15, -0.1) is 0 Å². The zero-order valence-corrected chi connectivity index (χ0v) is 42.4. The van der Waals surface area contributed by atoms with Crippen LogP contribution in [0.1, 0.15) is 140 Å². The van der Waals surface area contributed by atoms with Crippen LogP contribution in [0.3, 0.4) is 0 Å². The first-order valence-corrected chi connectivity index (χ1v) is 25.7. The van der Waals surface area contributed by atoms with Gasteiger partial charge < -0.3 is 14.1 Å². The van der Waals surface area contributed by atoms with E-state index in [2.05, 4.69) is 207 Å². The number of nitrogens with zero attached hydrogens (tertiary/aromatic N) is 2. The number of aryl methyl sites for hydroxylation is 3. The Kier molecular flexibility index (Phi) is 9.55. The standard InChI is InChI=1S/C64H67BN2O/c1-12-13-19-41-23-25-43(26-24-41)67-55-38-52-50(62(6,7)30-32-64(52,10)11)36-47(55)48-34-42(44-20-15-14-18-39(44)2)35-56-58(48)65(67)59-53(28-27-46-45-21-16-17-22-57(45)68-60(46)59)66(56)54-37-51-49(33-40(54)3)61(4,5)29-31-63(51,8)9/h14-18,20-28,33-38H,12-13,19,29-32H2,1-11H3. The van der Waals surface area contributed by atoms with Gasteiger partial charge in [-0.3, -0.25) is 0 Å². The fraction of sp³-hybridized carbons (Fsp3) is 0.344. The van der Waals surface area contributed by atoms with Gasteiger partial charge in [0.25, 0.3) is 0 Å². The average Bonchev–Trinajstić information content (AvgIpc) is 3.70. The van der Waals surface area contributed by atoms with Gasteiger partial charge >= 0.3 is 6.85 Å². The Hall–Kier alpha value is -6.00. The maximum Gasteiger partial charge on any atom is 0.336 e. The number of fused-ring (bicyclic) bond motifs is 10. The molecule has 0 saturated carbocycles. The van der Waals surface area contributed by atoms with E-state index < -0.39 is 0 Å². The number of benzene rings is 7. The smallest absolute Gasteiger partial charge is 0.336 e. The summed E-state index contributed by atoms with van der Waals surface area (Å²) in [7, 11) is 0. The lowest BCUT2D eigenvalue weighted by molar-refractivity contribution is 0.332. The normalized spacial score (nSPS) is 18.0. The van der Waals surface area contributed by atoms with Gasteiger partial charge in [0.15, 0.2) is 0 Å². The third-order valence-corrected chi connectivity index (χ3v) is 17.4. The molecule has 342 valence electrons. The highest BCUT2D eigenvalue weighted by Crippen LogP contribution is 2.56. The van der Waals surface area contributed by atoms with E-state index in [9.17, 15) is 0 Å². The average molecular weight is 891 g/mol. The van der Waals surface area contributed by atoms with Crippen LogP contribution in [0, 0.1) is 13.8 Å². The number of anilines is 5. The predicted molar refractivity (Wildman–Crippen MR) is 292 cm³/mol. The van der Waals surface area contributed by atoms with Crippen LogP contribution in [-0.2, 0) is 28.1 Å². The molecule has 0 N–H and O–H groups in total. The van der Waals surface area contributed by atoms with Crippen molar-refractivity contribution in [2.45, 2.75) is 143 Å². The molecule has 0 unspecified atom stereocenters. The molecule has 0 radical (unpaired) electrons. The summed E-state index contributed by atoms with van der Waals surface area (Å²) >= 11 is 0. The molecule has 2 aliphatic heterocycles. The van der Waals surface area contributed by atoms with Crippen LogP contribution >= 0.6 is 0 Å². The highest BCUT2D eigenvalue weighted by molar-refractivity contribution is 6.95. The third-order valence-electron chi connectivity index (χ3n) is 17.4. The molecule has 0 bridgehead atoms. The van der Waals surface area contributed by atoms with Crippen LogP contribution < -0.4 is 20.6 Å². The molecule has 3 nitrogen and oxygen atoms in total. The monoisotopic (exact) mass is 891 g/mol. The van der Waals surface area contributed by atoms with Gasteiger partial charge in [-0.05, 0) is 196 Å². The molecule has 3 heterocycles. The summed E-state index contributed by atoms with van der Waals surface area (Å²) in [5.41, 5.74) is 25.9. The maximum absolute atomic E-state index is 7.27. The summed E-state index contributed by atoms with van der Waals surface area (Å²) in [4.78, 5) is 5.39. The molecule has 0 fully saturated rings. The molecule has 1 aromatic heterocycles. The Labute approximate surface area is 405 Å². The fourth-order valence-corrected chi connectivity index (χ4v) is 13.0. The number of para-hydroxylation sites is 1. The van der Waals surface area contributed by atoms with E-state index in [1.165, 1.54) is 125 Å². The summed E-state index contributed by atoms with van der Waals surface area (Å²) in [6.45, 7) is 26.5. The van der Waals surface area contributed by atoms with Crippen LogP contribution in [0.15, 0.2) is 126 Å². The highest BCUT2D eigenvalue weighted by atomic mass is 16.3. The van der Waals surface area contributed by atoms with Gasteiger partial charge in [-0.1, -0.05) is 129 Å². The second-order valence-corrected chi connectivity index (χ2v) is 23.8. The summed E-state index contributed by atoms with van der Waals surface area (Å²) in [5.74, 6) is 0. The van der Waals surface area contributed by atoms with E-state index >= 15 is 0 Å². The summed E-state index contributed by atoms with van der Waals surface area (Å²) in [6, 6.07) is 47.5. The van der Waals surface area contributed by atoms with Crippen molar-refractivity contribution in [2.75, 3.05) is 9.71 Å². The Morgan fingerprint density at radius 3 is 1.81 bits per heavy atom. The van der Waals surface area contributed by atoms with E-state index in [1.807, 2.05) is 0 Å². The van der Waals surface area contributed by atoms with Crippen molar-refractivity contribution >= 4 is 68.1 Å². The molecule has 0 saturated heterocycles. The van der Waals surface area contributed by atoms with Crippen molar-refractivity contribution in [3.63, 3.8) is 0 Å². The molecule has 0 spiro atoms. The molecule has 4 aliphatic rings. The molecule has 7 aromatic carbocycles. The zero-order valence-electron chi connectivity index (χ0n) is 42.4. The van der Waals surface area contributed by atoms with E-state index in [0.29, 0.717) is 0 Å². The van der Waals surface area contributed by atoms with Crippen LogP contribution in [0.5, 0.6) is 0 Å². The molecular formula is C64H67BN2O. The maximum atomic E-state index is 7.27. The summed E-state index contributed by atoms with van der Waals surface area (Å²) < 4.78 is 7.27. The Balaban J connectivity index is 1.26. The summed E-state index contributed by atoms with van der Waals surface area (Å²) in [6.07, 6.45) is 8.13. The van der Waals surface area contributed by atoms with Crippen molar-refractivity contribution in [1.29, 1.82) is 0 Å². The molecule has 0 amide bonds. The second kappa shape index (κ2) is 15.0. The van der Waals surface area contributed by atoms with Crippen LogP contribution in [0.25, 0.3) is 44.2 Å². The molecule has 2 aliphatic carbocycles. The van der Waals surface area contributed by atoms with Crippen LogP contribution in [-0.4, -0.2) is 6.85 Å². The molecule has 0 atom stereocenters. The van der Waals surface area contributed by atoms with Gasteiger partial charge in [0.05, 0.1) is 0 Å². The zero-order chi connectivity index (χ0) is 47.2. The fourth-order valence-electron chi connectivity index (χ4n) is 13.0. The third kappa shape index (κ3) is 6.38. The lowest BCUT2D eigenvalue weighted by atomic mass is 9.43. The first kappa shape index (κ1) is 43.3. The molecule has 68 heavy (non-hydrogen) atoms. The molecule has 12 rings (SSSR count). The van der Waals surface area contributed by atoms with Crippen molar-refractivity contribution in [2.24, 2.45) is 0 Å². The Morgan fingerprint density at radius 2 is 1.13 bits per heavy atom. The van der Waals surface area contributed by atoms with Crippen molar-refractivity contribution in [3.05, 3.63) is 160 Å². The van der Waals surface area contributed by atoms with Gasteiger partial charge in [0.2, 0.25) is 0 Å². The van der Waals surface area contributed by atoms with E-state index in [1.54, 1.807) is 0 Å². The summed E-state index contributed by atoms with van der Waals surface area (Å²) in [5, 5.41) is 2.33. The number of hydrogen-bond donors (Lipinski definition) is 0. The minimum atomic E-state index is -0.179. The van der Waals surface area contributed by atoms with Gasteiger partial charge in [-0.25, -0.2) is 0 Å². The predicted octanol–water partition coefficient (Wildman–Crippen LogP) is 16.6. The first-order chi connectivity index (χ1) is 32.5.